The number of ether oxygens (including phenoxy) is 1. The molecule has 7 rings (SSSR count). The molecule has 6 heteroatoms. The SMILES string of the molecule is CCOC(=O)[C@]12CCCC=C1N(CCC1=CCCCC1)C(=O)[C@H](CC(=O)NCC13CC4CC(CC(C4)C1)C3)C2. The molecule has 1 aliphatic heterocycles. The summed E-state index contributed by atoms with van der Waals surface area (Å²) in [4.78, 5) is 42.8. The summed E-state index contributed by atoms with van der Waals surface area (Å²) in [5, 5.41) is 3.30. The van der Waals surface area contributed by atoms with Crippen LogP contribution < -0.4 is 5.32 Å². The van der Waals surface area contributed by atoms with E-state index in [2.05, 4.69) is 17.5 Å². The minimum absolute atomic E-state index is 0.0180. The van der Waals surface area contributed by atoms with Crippen molar-refractivity contribution in [3.8, 4) is 0 Å². The van der Waals surface area contributed by atoms with Gasteiger partial charge >= 0.3 is 5.97 Å². The molecule has 0 spiro atoms. The number of amides is 2. The molecule has 0 aromatic carbocycles. The molecule has 6 aliphatic carbocycles. The Morgan fingerprint density at radius 3 is 2.38 bits per heavy atom. The average molecular weight is 537 g/mol. The zero-order chi connectivity index (χ0) is 27.0. The zero-order valence-electron chi connectivity index (χ0n) is 24.0. The molecule has 214 valence electrons. The van der Waals surface area contributed by atoms with Crippen molar-refractivity contribution in [1.82, 2.24) is 10.2 Å². The largest absolute Gasteiger partial charge is 0.465 e. The van der Waals surface area contributed by atoms with Crippen LogP contribution in [0.3, 0.4) is 0 Å². The topological polar surface area (TPSA) is 75.7 Å². The Hall–Kier alpha value is -2.11. The number of nitrogens with zero attached hydrogens (tertiary/aromatic N) is 1. The predicted octanol–water partition coefficient (Wildman–Crippen LogP) is 6.07. The van der Waals surface area contributed by atoms with Crippen LogP contribution in [0.25, 0.3) is 0 Å². The van der Waals surface area contributed by atoms with Gasteiger partial charge in [0.1, 0.15) is 5.41 Å². The van der Waals surface area contributed by atoms with E-state index in [9.17, 15) is 14.4 Å². The summed E-state index contributed by atoms with van der Waals surface area (Å²) in [6, 6.07) is 0. The number of likely N-dealkylation sites (tertiary alicyclic amines) is 1. The Balaban J connectivity index is 1.17. The Morgan fingerprint density at radius 2 is 1.72 bits per heavy atom. The quantitative estimate of drug-likeness (QED) is 0.287. The van der Waals surface area contributed by atoms with Gasteiger partial charge in [0.05, 0.1) is 6.61 Å². The lowest BCUT2D eigenvalue weighted by Crippen LogP contribution is -2.55. The average Bonchev–Trinajstić information content (AvgIpc) is 2.92. The van der Waals surface area contributed by atoms with Crippen LogP contribution in [0, 0.1) is 34.5 Å². The number of hydrogen-bond donors (Lipinski definition) is 1. The number of piperidine rings is 1. The predicted molar refractivity (Wildman–Crippen MR) is 150 cm³/mol. The molecule has 1 heterocycles. The molecule has 4 saturated carbocycles. The molecule has 0 radical (unpaired) electrons. The fourth-order valence-electron chi connectivity index (χ4n) is 9.81. The second-order valence-corrected chi connectivity index (χ2v) is 13.9. The molecule has 1 saturated heterocycles. The Morgan fingerprint density at radius 1 is 1.00 bits per heavy atom. The lowest BCUT2D eigenvalue weighted by Gasteiger charge is -2.57. The van der Waals surface area contributed by atoms with Crippen molar-refractivity contribution in [3.05, 3.63) is 23.4 Å². The van der Waals surface area contributed by atoms with Crippen molar-refractivity contribution in [1.29, 1.82) is 0 Å². The first-order valence-corrected chi connectivity index (χ1v) is 16.0. The summed E-state index contributed by atoms with van der Waals surface area (Å²) in [5.74, 6) is 1.84. The van der Waals surface area contributed by atoms with Crippen molar-refractivity contribution < 1.29 is 19.1 Å². The monoisotopic (exact) mass is 536 g/mol. The highest BCUT2D eigenvalue weighted by Gasteiger charge is 2.55. The summed E-state index contributed by atoms with van der Waals surface area (Å²) in [6.45, 7) is 3.51. The van der Waals surface area contributed by atoms with Crippen LogP contribution >= 0.6 is 0 Å². The number of esters is 1. The molecule has 1 N–H and O–H groups in total. The Kier molecular flexibility index (Phi) is 7.67. The van der Waals surface area contributed by atoms with Crippen molar-refractivity contribution >= 4 is 17.8 Å². The van der Waals surface area contributed by atoms with Crippen LogP contribution in [0.5, 0.6) is 0 Å². The van der Waals surface area contributed by atoms with E-state index in [1.807, 2.05) is 11.8 Å². The van der Waals surface area contributed by atoms with Crippen molar-refractivity contribution in [2.24, 2.45) is 34.5 Å². The van der Waals surface area contributed by atoms with Gasteiger partial charge in [-0.15, -0.1) is 0 Å². The molecule has 0 aromatic heterocycles. The van der Waals surface area contributed by atoms with Crippen LogP contribution in [0.2, 0.25) is 0 Å². The van der Waals surface area contributed by atoms with Gasteiger partial charge in [-0.3, -0.25) is 14.4 Å². The van der Waals surface area contributed by atoms with Crippen molar-refractivity contribution in [2.45, 2.75) is 110 Å². The van der Waals surface area contributed by atoms with Crippen LogP contribution in [0.4, 0.5) is 0 Å². The Bertz CT molecular complexity index is 1010. The lowest BCUT2D eigenvalue weighted by molar-refractivity contribution is -0.162. The summed E-state index contributed by atoms with van der Waals surface area (Å²) < 4.78 is 5.63. The van der Waals surface area contributed by atoms with Crippen LogP contribution in [-0.4, -0.2) is 42.4 Å². The highest BCUT2D eigenvalue weighted by molar-refractivity contribution is 5.92. The van der Waals surface area contributed by atoms with E-state index in [1.54, 1.807) is 0 Å². The number of carbonyl (C=O) groups is 3. The number of hydrogen-bond acceptors (Lipinski definition) is 4. The summed E-state index contributed by atoms with van der Waals surface area (Å²) in [5.41, 5.74) is 1.72. The van der Waals surface area contributed by atoms with E-state index < -0.39 is 11.3 Å². The minimum atomic E-state index is -0.812. The van der Waals surface area contributed by atoms with Gasteiger partial charge in [0, 0.05) is 31.1 Å². The highest BCUT2D eigenvalue weighted by Crippen LogP contribution is 2.59. The van der Waals surface area contributed by atoms with Crippen molar-refractivity contribution in [3.63, 3.8) is 0 Å². The number of fused-ring (bicyclic) bond motifs is 1. The molecule has 5 fully saturated rings. The van der Waals surface area contributed by atoms with Crippen LogP contribution in [0.1, 0.15) is 110 Å². The summed E-state index contributed by atoms with van der Waals surface area (Å²) in [6.07, 6.45) is 20.9. The number of nitrogens with one attached hydrogen (secondary N) is 1. The van der Waals surface area contributed by atoms with Crippen LogP contribution in [-0.2, 0) is 19.1 Å². The Labute approximate surface area is 234 Å². The summed E-state index contributed by atoms with van der Waals surface area (Å²) >= 11 is 0. The maximum atomic E-state index is 14.0. The first-order valence-electron chi connectivity index (χ1n) is 16.0. The van der Waals surface area contributed by atoms with Gasteiger partial charge < -0.3 is 15.0 Å². The molecule has 6 nitrogen and oxygen atoms in total. The zero-order valence-corrected chi connectivity index (χ0v) is 24.0. The van der Waals surface area contributed by atoms with E-state index in [-0.39, 0.29) is 29.6 Å². The van der Waals surface area contributed by atoms with Gasteiger partial charge in [0.2, 0.25) is 11.8 Å². The number of carbonyl (C=O) groups excluding carboxylic acids is 3. The normalized spacial score (nSPS) is 37.2. The lowest BCUT2D eigenvalue weighted by atomic mass is 9.49. The van der Waals surface area contributed by atoms with Gasteiger partial charge in [-0.2, -0.15) is 0 Å². The van der Waals surface area contributed by atoms with Crippen molar-refractivity contribution in [2.75, 3.05) is 19.7 Å². The van der Waals surface area contributed by atoms with Gasteiger partial charge in [0.25, 0.3) is 0 Å². The maximum absolute atomic E-state index is 14.0. The molecular formula is C33H48N2O4. The van der Waals surface area contributed by atoms with Gasteiger partial charge in [-0.05, 0) is 126 Å². The minimum Gasteiger partial charge on any atom is -0.465 e. The van der Waals surface area contributed by atoms with Crippen LogP contribution in [0.15, 0.2) is 23.4 Å². The first kappa shape index (κ1) is 27.1. The second kappa shape index (κ2) is 11.0. The molecule has 2 atom stereocenters. The number of allylic oxidation sites excluding steroid dienone is 2. The number of rotatable bonds is 9. The standard InChI is InChI=1S/C33H48N2O4/c1-2-39-31(38)33-12-7-6-10-28(33)35(13-11-23-8-4-3-5-9-23)30(37)27(21-33)17-29(36)34-22-32-18-24-14-25(19-32)16-26(15-24)20-32/h8,10,24-27H,2-7,9,11-22H2,1H3,(H,34,36)/t24?,25?,26?,27-,32?,33+/m1/s1. The van der Waals surface area contributed by atoms with Gasteiger partial charge in [-0.1, -0.05) is 17.7 Å². The van der Waals surface area contributed by atoms with E-state index in [0.29, 0.717) is 26.0 Å². The fourth-order valence-corrected chi connectivity index (χ4v) is 9.81. The molecule has 0 unspecified atom stereocenters. The molecular weight excluding hydrogens is 488 g/mol. The maximum Gasteiger partial charge on any atom is 0.318 e. The fraction of sp³-hybridized carbons (Fsp3) is 0.788. The van der Waals surface area contributed by atoms with E-state index >= 15 is 0 Å². The third-order valence-electron chi connectivity index (χ3n) is 11.1. The second-order valence-electron chi connectivity index (χ2n) is 13.9. The molecule has 0 aromatic rings. The first-order chi connectivity index (χ1) is 18.9. The molecule has 4 bridgehead atoms. The van der Waals surface area contributed by atoms with E-state index in [4.69, 9.17) is 4.74 Å². The van der Waals surface area contributed by atoms with E-state index in [1.165, 1.54) is 56.9 Å². The van der Waals surface area contributed by atoms with Gasteiger partial charge in [-0.25, -0.2) is 0 Å². The third kappa shape index (κ3) is 5.34. The van der Waals surface area contributed by atoms with Gasteiger partial charge in [0.15, 0.2) is 0 Å². The van der Waals surface area contributed by atoms with E-state index in [0.717, 1.165) is 62.1 Å². The highest BCUT2D eigenvalue weighted by atomic mass is 16.5. The molecule has 39 heavy (non-hydrogen) atoms. The molecule has 7 aliphatic rings. The third-order valence-corrected chi connectivity index (χ3v) is 11.1. The summed E-state index contributed by atoms with van der Waals surface area (Å²) in [7, 11) is 0. The molecule has 2 amide bonds. The smallest absolute Gasteiger partial charge is 0.318 e.